The summed E-state index contributed by atoms with van der Waals surface area (Å²) in [7, 11) is 0. The van der Waals surface area contributed by atoms with Crippen molar-refractivity contribution in [2.24, 2.45) is 5.92 Å². The van der Waals surface area contributed by atoms with Gasteiger partial charge in [-0.3, -0.25) is 4.79 Å². The van der Waals surface area contributed by atoms with E-state index in [4.69, 9.17) is 0 Å². The van der Waals surface area contributed by atoms with Crippen molar-refractivity contribution in [3.63, 3.8) is 0 Å². The van der Waals surface area contributed by atoms with Crippen molar-refractivity contribution in [3.8, 4) is 0 Å². The van der Waals surface area contributed by atoms with Gasteiger partial charge in [0.05, 0.1) is 6.54 Å². The summed E-state index contributed by atoms with van der Waals surface area (Å²) in [6, 6.07) is 0. The number of carbonyl (C=O) groups excluding carboxylic acids is 2. The highest BCUT2D eigenvalue weighted by molar-refractivity contribution is 5.81. The van der Waals surface area contributed by atoms with Crippen LogP contribution in [0.25, 0.3) is 0 Å². The van der Waals surface area contributed by atoms with Gasteiger partial charge in [0, 0.05) is 6.42 Å². The van der Waals surface area contributed by atoms with Gasteiger partial charge in [0.15, 0.2) is 0 Å². The van der Waals surface area contributed by atoms with Crippen molar-refractivity contribution in [1.82, 2.24) is 5.06 Å². The molecule has 0 saturated carbocycles. The van der Waals surface area contributed by atoms with Crippen LogP contribution in [-0.2, 0) is 14.4 Å². The Hall–Kier alpha value is -1.27. The monoisotopic (exact) mass is 239 g/mol. The molecule has 1 rings (SSSR count). The molecule has 1 aliphatic rings. The van der Waals surface area contributed by atoms with E-state index in [1.165, 1.54) is 0 Å². The van der Waals surface area contributed by atoms with Crippen LogP contribution >= 0.6 is 0 Å². The number of alkyl halides is 3. The average molecular weight is 239 g/mol. The fourth-order valence-electron chi connectivity index (χ4n) is 1.59. The van der Waals surface area contributed by atoms with Crippen molar-refractivity contribution >= 4 is 11.9 Å². The molecule has 0 aromatic heterocycles. The number of hydrogen-bond acceptors (Lipinski definition) is 3. The number of nitrogens with zero attached hydrogens (tertiary/aromatic N) is 1. The minimum absolute atomic E-state index is 0.0291. The molecular formula is C9H12F3NO3. The maximum absolute atomic E-state index is 11.9. The van der Waals surface area contributed by atoms with E-state index in [-0.39, 0.29) is 18.9 Å². The van der Waals surface area contributed by atoms with Gasteiger partial charge >= 0.3 is 12.1 Å². The van der Waals surface area contributed by atoms with E-state index in [0.717, 1.165) is 12.8 Å². The lowest BCUT2D eigenvalue weighted by molar-refractivity contribution is -0.234. The third-order valence-electron chi connectivity index (χ3n) is 2.29. The van der Waals surface area contributed by atoms with E-state index >= 15 is 0 Å². The van der Waals surface area contributed by atoms with Crippen LogP contribution in [0.1, 0.15) is 26.2 Å². The van der Waals surface area contributed by atoms with Crippen molar-refractivity contribution in [1.29, 1.82) is 0 Å². The molecule has 0 spiro atoms. The fraction of sp³-hybridized carbons (Fsp3) is 0.778. The zero-order chi connectivity index (χ0) is 12.3. The van der Waals surface area contributed by atoms with Gasteiger partial charge in [-0.15, -0.1) is 0 Å². The van der Waals surface area contributed by atoms with Crippen LogP contribution in [0.2, 0.25) is 0 Å². The molecule has 0 aliphatic carbocycles. The van der Waals surface area contributed by atoms with Crippen LogP contribution in [-0.4, -0.2) is 29.7 Å². The minimum atomic E-state index is -5.07. The quantitative estimate of drug-likeness (QED) is 0.752. The highest BCUT2D eigenvalue weighted by Gasteiger charge is 2.44. The molecule has 16 heavy (non-hydrogen) atoms. The van der Waals surface area contributed by atoms with Crippen LogP contribution < -0.4 is 0 Å². The van der Waals surface area contributed by atoms with Gasteiger partial charge in [-0.2, -0.15) is 18.2 Å². The van der Waals surface area contributed by atoms with Crippen LogP contribution in [0.3, 0.4) is 0 Å². The van der Waals surface area contributed by atoms with E-state index in [1.54, 1.807) is 0 Å². The number of amides is 1. The molecule has 1 amide bonds. The topological polar surface area (TPSA) is 46.6 Å². The molecular weight excluding hydrogens is 227 g/mol. The van der Waals surface area contributed by atoms with E-state index < -0.39 is 18.1 Å². The lowest BCUT2D eigenvalue weighted by Gasteiger charge is -2.16. The summed E-state index contributed by atoms with van der Waals surface area (Å²) in [5.74, 6) is -2.95. The van der Waals surface area contributed by atoms with E-state index in [2.05, 4.69) is 4.84 Å². The lowest BCUT2D eigenvalue weighted by Crippen LogP contribution is -2.35. The maximum Gasteiger partial charge on any atom is 0.493 e. The Morgan fingerprint density at radius 2 is 2.19 bits per heavy atom. The Labute approximate surface area is 90.3 Å². The minimum Gasteiger partial charge on any atom is -0.330 e. The van der Waals surface area contributed by atoms with Gasteiger partial charge in [0.1, 0.15) is 0 Å². The number of carbonyl (C=O) groups is 2. The van der Waals surface area contributed by atoms with Gasteiger partial charge in [0.2, 0.25) is 0 Å². The Balaban J connectivity index is 2.50. The lowest BCUT2D eigenvalue weighted by atomic mass is 10.0. The normalized spacial score (nSPS) is 21.4. The molecule has 0 bridgehead atoms. The predicted octanol–water partition coefficient (Wildman–Crippen LogP) is 1.66. The van der Waals surface area contributed by atoms with Gasteiger partial charge in [-0.25, -0.2) is 4.79 Å². The van der Waals surface area contributed by atoms with Gasteiger partial charge < -0.3 is 4.84 Å². The fourth-order valence-corrected chi connectivity index (χ4v) is 1.59. The zero-order valence-electron chi connectivity index (χ0n) is 8.71. The Morgan fingerprint density at radius 3 is 2.69 bits per heavy atom. The molecule has 1 heterocycles. The molecule has 1 fully saturated rings. The maximum atomic E-state index is 11.9. The van der Waals surface area contributed by atoms with E-state index in [9.17, 15) is 22.8 Å². The summed E-state index contributed by atoms with van der Waals surface area (Å²) in [5, 5.41) is 0.510. The van der Waals surface area contributed by atoms with E-state index in [0.29, 0.717) is 5.06 Å². The van der Waals surface area contributed by atoms with Crippen LogP contribution in [0.4, 0.5) is 13.2 Å². The smallest absolute Gasteiger partial charge is 0.330 e. The molecule has 1 unspecified atom stereocenters. The van der Waals surface area contributed by atoms with E-state index in [1.807, 2.05) is 6.92 Å². The molecule has 0 radical (unpaired) electrons. The van der Waals surface area contributed by atoms with Crippen molar-refractivity contribution in [2.45, 2.75) is 32.4 Å². The zero-order valence-corrected chi connectivity index (χ0v) is 8.71. The number of hydroxylamine groups is 2. The van der Waals surface area contributed by atoms with Crippen molar-refractivity contribution in [2.75, 3.05) is 6.54 Å². The standard InChI is InChI=1S/C9H12F3NO3/c1-2-3-6-4-7(14)13(5-6)16-8(15)9(10,11)12/h6H,2-5H2,1H3. The first-order chi connectivity index (χ1) is 7.34. The summed E-state index contributed by atoms with van der Waals surface area (Å²) in [6.45, 7) is 1.96. The first kappa shape index (κ1) is 12.8. The molecule has 1 atom stereocenters. The van der Waals surface area contributed by atoms with Crippen LogP contribution in [0.5, 0.6) is 0 Å². The summed E-state index contributed by atoms with van der Waals surface area (Å²) in [5.41, 5.74) is 0. The molecule has 1 saturated heterocycles. The van der Waals surface area contributed by atoms with Crippen molar-refractivity contribution < 1.29 is 27.6 Å². The number of halogens is 3. The molecule has 7 heteroatoms. The largest absolute Gasteiger partial charge is 0.493 e. The second-order valence-corrected chi connectivity index (χ2v) is 3.69. The van der Waals surface area contributed by atoms with Gasteiger partial charge in [0.25, 0.3) is 5.91 Å². The summed E-state index contributed by atoms with van der Waals surface area (Å²) in [4.78, 5) is 25.7. The average Bonchev–Trinajstić information content (AvgIpc) is 2.46. The van der Waals surface area contributed by atoms with Gasteiger partial charge in [-0.1, -0.05) is 13.3 Å². The third kappa shape index (κ3) is 3.11. The summed E-state index contributed by atoms with van der Waals surface area (Å²) >= 11 is 0. The van der Waals surface area contributed by atoms with Crippen LogP contribution in [0, 0.1) is 5.92 Å². The molecule has 4 nitrogen and oxygen atoms in total. The first-order valence-corrected chi connectivity index (χ1v) is 4.94. The Bertz CT molecular complexity index is 290. The predicted molar refractivity (Wildman–Crippen MR) is 46.9 cm³/mol. The number of rotatable bonds is 3. The highest BCUT2D eigenvalue weighted by Crippen LogP contribution is 2.24. The number of hydrogen-bond donors (Lipinski definition) is 0. The Morgan fingerprint density at radius 1 is 1.56 bits per heavy atom. The first-order valence-electron chi connectivity index (χ1n) is 4.94. The second-order valence-electron chi connectivity index (χ2n) is 3.69. The molecule has 1 aliphatic heterocycles. The highest BCUT2D eigenvalue weighted by atomic mass is 19.4. The molecule has 92 valence electrons. The Kier molecular flexibility index (Phi) is 3.77. The summed E-state index contributed by atoms with van der Waals surface area (Å²) < 4.78 is 35.6. The second kappa shape index (κ2) is 4.71. The molecule has 0 N–H and O–H groups in total. The van der Waals surface area contributed by atoms with Crippen molar-refractivity contribution in [3.05, 3.63) is 0 Å². The molecule has 0 aromatic rings. The van der Waals surface area contributed by atoms with Gasteiger partial charge in [-0.05, 0) is 12.3 Å². The summed E-state index contributed by atoms with van der Waals surface area (Å²) in [6.07, 6.45) is -3.37. The SMILES string of the molecule is CCCC1CC(=O)N(OC(=O)C(F)(F)F)C1. The molecule has 0 aromatic carbocycles. The van der Waals surface area contributed by atoms with Crippen LogP contribution in [0.15, 0.2) is 0 Å². The third-order valence-corrected chi connectivity index (χ3v) is 2.29.